The smallest absolute Gasteiger partial charge is 0.240 e. The topological polar surface area (TPSA) is 73.9 Å². The van der Waals surface area contributed by atoms with E-state index in [1.165, 1.54) is 0 Å². The first kappa shape index (κ1) is 16.6. The van der Waals surface area contributed by atoms with Crippen molar-refractivity contribution in [2.75, 3.05) is 19.9 Å². The Bertz CT molecular complexity index is 848. The van der Waals surface area contributed by atoms with E-state index in [1.54, 1.807) is 36.4 Å². The molecule has 0 saturated carbocycles. The van der Waals surface area contributed by atoms with Crippen LogP contribution in [-0.4, -0.2) is 28.4 Å². The molecule has 1 aliphatic rings. The fourth-order valence-corrected chi connectivity index (χ4v) is 3.37. The van der Waals surface area contributed by atoms with Gasteiger partial charge in [0.15, 0.2) is 11.5 Å². The summed E-state index contributed by atoms with van der Waals surface area (Å²) in [4.78, 5) is 0.258. The molecule has 1 N–H and O–H groups in total. The number of aryl methyl sites for hydroxylation is 2. The van der Waals surface area contributed by atoms with Gasteiger partial charge in [-0.3, -0.25) is 0 Å². The summed E-state index contributed by atoms with van der Waals surface area (Å²) < 4.78 is 43.1. The second kappa shape index (κ2) is 6.70. The Labute approximate surface area is 141 Å². The van der Waals surface area contributed by atoms with Gasteiger partial charge < -0.3 is 14.2 Å². The summed E-state index contributed by atoms with van der Waals surface area (Å²) >= 11 is 0. The molecule has 0 saturated heterocycles. The van der Waals surface area contributed by atoms with Gasteiger partial charge in [0.1, 0.15) is 12.4 Å². The average Bonchev–Trinajstić information content (AvgIpc) is 3.02. The third kappa shape index (κ3) is 3.63. The van der Waals surface area contributed by atoms with E-state index in [-0.39, 0.29) is 24.8 Å². The maximum Gasteiger partial charge on any atom is 0.240 e. The van der Waals surface area contributed by atoms with E-state index in [1.807, 2.05) is 13.8 Å². The summed E-state index contributed by atoms with van der Waals surface area (Å²) in [6, 6.07) is 10.3. The highest BCUT2D eigenvalue weighted by Crippen LogP contribution is 2.34. The zero-order valence-electron chi connectivity index (χ0n) is 13.5. The van der Waals surface area contributed by atoms with Crippen molar-refractivity contribution in [2.45, 2.75) is 18.7 Å². The van der Waals surface area contributed by atoms with Crippen LogP contribution >= 0.6 is 0 Å². The molecule has 1 aliphatic heterocycles. The maximum atomic E-state index is 12.3. The highest BCUT2D eigenvalue weighted by molar-refractivity contribution is 7.89. The molecule has 1 heterocycles. The van der Waals surface area contributed by atoms with Gasteiger partial charge in [-0.2, -0.15) is 0 Å². The Morgan fingerprint density at radius 3 is 2.62 bits per heavy atom. The van der Waals surface area contributed by atoms with Gasteiger partial charge in [-0.05, 0) is 49.2 Å². The molecule has 6 nitrogen and oxygen atoms in total. The van der Waals surface area contributed by atoms with E-state index in [2.05, 4.69) is 4.72 Å². The van der Waals surface area contributed by atoms with Gasteiger partial charge >= 0.3 is 0 Å². The van der Waals surface area contributed by atoms with E-state index in [0.717, 1.165) is 11.1 Å². The van der Waals surface area contributed by atoms with Gasteiger partial charge in [-0.25, -0.2) is 13.1 Å². The monoisotopic (exact) mass is 349 g/mol. The molecule has 0 radical (unpaired) electrons. The first-order chi connectivity index (χ1) is 11.5. The predicted octanol–water partition coefficient (Wildman–Crippen LogP) is 2.39. The van der Waals surface area contributed by atoms with Crippen molar-refractivity contribution in [3.05, 3.63) is 47.5 Å². The number of rotatable bonds is 6. The number of hydrogen-bond donors (Lipinski definition) is 1. The van der Waals surface area contributed by atoms with Gasteiger partial charge in [0.05, 0.1) is 4.90 Å². The van der Waals surface area contributed by atoms with Crippen LogP contribution in [0.25, 0.3) is 0 Å². The van der Waals surface area contributed by atoms with Crippen molar-refractivity contribution in [3.63, 3.8) is 0 Å². The molecule has 0 aromatic heterocycles. The van der Waals surface area contributed by atoms with Gasteiger partial charge in [0.2, 0.25) is 16.8 Å². The summed E-state index contributed by atoms with van der Waals surface area (Å²) in [7, 11) is -3.54. The first-order valence-corrected chi connectivity index (χ1v) is 9.03. The van der Waals surface area contributed by atoms with E-state index in [4.69, 9.17) is 14.2 Å². The van der Waals surface area contributed by atoms with Gasteiger partial charge in [-0.15, -0.1) is 0 Å². The van der Waals surface area contributed by atoms with Crippen molar-refractivity contribution in [1.29, 1.82) is 0 Å². The number of nitrogens with one attached hydrogen (secondary N) is 1. The number of hydrogen-bond acceptors (Lipinski definition) is 5. The van der Waals surface area contributed by atoms with Crippen molar-refractivity contribution in [2.24, 2.45) is 0 Å². The van der Waals surface area contributed by atoms with Crippen molar-refractivity contribution < 1.29 is 22.6 Å². The van der Waals surface area contributed by atoms with Crippen molar-refractivity contribution in [3.8, 4) is 17.2 Å². The number of fused-ring (bicyclic) bond motifs is 1. The zero-order valence-corrected chi connectivity index (χ0v) is 14.4. The first-order valence-electron chi connectivity index (χ1n) is 7.55. The van der Waals surface area contributed by atoms with Crippen molar-refractivity contribution >= 4 is 10.0 Å². The molecule has 128 valence electrons. The standard InChI is InChI=1S/C17H19NO5S/c1-12-3-5-15(9-13(12)2)24(19,20)18-7-8-21-14-4-6-16-17(10-14)23-11-22-16/h3-6,9-10,18H,7-8,11H2,1-2H3. The second-order valence-electron chi connectivity index (χ2n) is 5.51. The van der Waals surface area contributed by atoms with Crippen LogP contribution in [0.3, 0.4) is 0 Å². The Morgan fingerprint density at radius 1 is 1.04 bits per heavy atom. The molecule has 0 amide bonds. The van der Waals surface area contributed by atoms with E-state index in [9.17, 15) is 8.42 Å². The van der Waals surface area contributed by atoms with Crippen LogP contribution in [0.1, 0.15) is 11.1 Å². The third-order valence-corrected chi connectivity index (χ3v) is 5.25. The normalized spacial score (nSPS) is 13.1. The Hall–Kier alpha value is -2.25. The minimum Gasteiger partial charge on any atom is -0.492 e. The molecular weight excluding hydrogens is 330 g/mol. The summed E-state index contributed by atoms with van der Waals surface area (Å²) in [5.74, 6) is 1.91. The van der Waals surface area contributed by atoms with Crippen molar-refractivity contribution in [1.82, 2.24) is 4.72 Å². The lowest BCUT2D eigenvalue weighted by Crippen LogP contribution is -2.28. The lowest BCUT2D eigenvalue weighted by Gasteiger charge is -2.10. The fraction of sp³-hybridized carbons (Fsp3) is 0.294. The van der Waals surface area contributed by atoms with Crippen LogP contribution in [-0.2, 0) is 10.0 Å². The fourth-order valence-electron chi connectivity index (χ4n) is 2.28. The molecule has 0 bridgehead atoms. The number of ether oxygens (including phenoxy) is 3. The molecule has 0 spiro atoms. The molecular formula is C17H19NO5S. The van der Waals surface area contributed by atoms with E-state index in [0.29, 0.717) is 17.2 Å². The minimum absolute atomic E-state index is 0.170. The summed E-state index contributed by atoms with van der Waals surface area (Å²) in [6.07, 6.45) is 0. The largest absolute Gasteiger partial charge is 0.492 e. The molecule has 7 heteroatoms. The SMILES string of the molecule is Cc1ccc(S(=O)(=O)NCCOc2ccc3c(c2)OCO3)cc1C. The Kier molecular flexibility index (Phi) is 4.64. The lowest BCUT2D eigenvalue weighted by molar-refractivity contribution is 0.173. The zero-order chi connectivity index (χ0) is 17.2. The van der Waals surface area contributed by atoms with Gasteiger partial charge in [0, 0.05) is 12.6 Å². The highest BCUT2D eigenvalue weighted by Gasteiger charge is 2.15. The molecule has 2 aromatic rings. The lowest BCUT2D eigenvalue weighted by atomic mass is 10.1. The van der Waals surface area contributed by atoms with Crippen LogP contribution in [0, 0.1) is 13.8 Å². The number of sulfonamides is 1. The molecule has 0 unspecified atom stereocenters. The summed E-state index contributed by atoms with van der Waals surface area (Å²) in [5.41, 5.74) is 1.99. The van der Waals surface area contributed by atoms with Crippen LogP contribution in [0.4, 0.5) is 0 Å². The van der Waals surface area contributed by atoms with E-state index >= 15 is 0 Å². The molecule has 0 aliphatic carbocycles. The summed E-state index contributed by atoms with van der Waals surface area (Å²) in [5, 5.41) is 0. The van der Waals surface area contributed by atoms with Crippen LogP contribution < -0.4 is 18.9 Å². The molecule has 0 atom stereocenters. The Balaban J connectivity index is 1.54. The molecule has 2 aromatic carbocycles. The minimum atomic E-state index is -3.54. The average molecular weight is 349 g/mol. The second-order valence-corrected chi connectivity index (χ2v) is 7.27. The van der Waals surface area contributed by atoms with Crippen LogP contribution in [0.5, 0.6) is 17.2 Å². The van der Waals surface area contributed by atoms with Gasteiger partial charge in [-0.1, -0.05) is 6.07 Å². The Morgan fingerprint density at radius 2 is 1.83 bits per heavy atom. The molecule has 24 heavy (non-hydrogen) atoms. The van der Waals surface area contributed by atoms with Crippen LogP contribution in [0.15, 0.2) is 41.3 Å². The third-order valence-electron chi connectivity index (χ3n) is 3.80. The van der Waals surface area contributed by atoms with Crippen LogP contribution in [0.2, 0.25) is 0 Å². The van der Waals surface area contributed by atoms with Gasteiger partial charge in [0.25, 0.3) is 0 Å². The molecule has 0 fully saturated rings. The van der Waals surface area contributed by atoms with E-state index < -0.39 is 10.0 Å². The molecule has 3 rings (SSSR count). The quantitative estimate of drug-likeness (QED) is 0.811. The maximum absolute atomic E-state index is 12.3. The number of benzene rings is 2. The highest BCUT2D eigenvalue weighted by atomic mass is 32.2. The summed E-state index contributed by atoms with van der Waals surface area (Å²) in [6.45, 7) is 4.41. The predicted molar refractivity (Wildman–Crippen MR) is 89.2 cm³/mol.